The number of carbonyl (C=O) groups is 1. The molecule has 0 aliphatic heterocycles. The highest BCUT2D eigenvalue weighted by molar-refractivity contribution is 7.09. The van der Waals surface area contributed by atoms with E-state index >= 15 is 0 Å². The number of hydrogen-bond donors (Lipinski definition) is 1. The number of nitrogens with one attached hydrogen (secondary N) is 1. The van der Waals surface area contributed by atoms with E-state index in [0.29, 0.717) is 5.92 Å². The van der Waals surface area contributed by atoms with Crippen LogP contribution in [-0.2, 0) is 11.2 Å². The van der Waals surface area contributed by atoms with Crippen molar-refractivity contribution in [1.82, 2.24) is 5.32 Å². The van der Waals surface area contributed by atoms with Gasteiger partial charge in [-0.2, -0.15) is 0 Å². The van der Waals surface area contributed by atoms with Crippen LogP contribution in [0.2, 0.25) is 0 Å². The highest BCUT2D eigenvalue weighted by atomic mass is 32.1. The summed E-state index contributed by atoms with van der Waals surface area (Å²) in [5.41, 5.74) is 1.05. The van der Waals surface area contributed by atoms with Crippen LogP contribution in [0.25, 0.3) is 0 Å². The summed E-state index contributed by atoms with van der Waals surface area (Å²) in [6, 6.07) is 12.0. The lowest BCUT2D eigenvalue weighted by Gasteiger charge is -2.19. The summed E-state index contributed by atoms with van der Waals surface area (Å²) in [6.45, 7) is 0.815. The van der Waals surface area contributed by atoms with E-state index in [2.05, 4.69) is 16.8 Å². The van der Waals surface area contributed by atoms with Gasteiger partial charge in [0.15, 0.2) is 0 Å². The monoisotopic (exact) mass is 343 g/mol. The van der Waals surface area contributed by atoms with Crippen LogP contribution in [0.1, 0.15) is 42.0 Å². The first kappa shape index (κ1) is 17.0. The zero-order valence-electron chi connectivity index (χ0n) is 14.2. The van der Waals surface area contributed by atoms with E-state index in [9.17, 15) is 4.79 Å². The SMILES string of the molecule is COc1ccc(C(Cc2cccs2)C(=O)NCC2CCCC2)cc1. The number of benzene rings is 1. The number of thiophene rings is 1. The van der Waals surface area contributed by atoms with Crippen LogP contribution in [0.3, 0.4) is 0 Å². The van der Waals surface area contributed by atoms with Gasteiger partial charge in [-0.3, -0.25) is 4.79 Å². The number of ether oxygens (including phenoxy) is 1. The molecule has 0 radical (unpaired) electrons. The first-order valence-corrected chi connectivity index (χ1v) is 9.58. The summed E-state index contributed by atoms with van der Waals surface area (Å²) in [5.74, 6) is 1.48. The molecule has 1 aliphatic carbocycles. The molecule has 1 aliphatic rings. The number of hydrogen-bond acceptors (Lipinski definition) is 3. The third kappa shape index (κ3) is 4.38. The summed E-state index contributed by atoms with van der Waals surface area (Å²) < 4.78 is 5.23. The fourth-order valence-corrected chi connectivity index (χ4v) is 4.16. The van der Waals surface area contributed by atoms with E-state index in [1.165, 1.54) is 30.6 Å². The molecule has 3 rings (SSSR count). The maximum Gasteiger partial charge on any atom is 0.227 e. The Morgan fingerprint density at radius 1 is 1.25 bits per heavy atom. The van der Waals surface area contributed by atoms with Crippen molar-refractivity contribution in [2.45, 2.75) is 38.0 Å². The molecule has 2 aromatic rings. The summed E-state index contributed by atoms with van der Waals surface area (Å²) in [6.07, 6.45) is 5.85. The molecule has 0 saturated heterocycles. The number of carbonyl (C=O) groups excluding carboxylic acids is 1. The minimum Gasteiger partial charge on any atom is -0.497 e. The molecular formula is C20H25NO2S. The second kappa shape index (κ2) is 8.34. The Morgan fingerprint density at radius 2 is 2.00 bits per heavy atom. The molecule has 0 bridgehead atoms. The van der Waals surface area contributed by atoms with Gasteiger partial charge in [0.25, 0.3) is 0 Å². The Hall–Kier alpha value is -1.81. The minimum absolute atomic E-state index is 0.139. The largest absolute Gasteiger partial charge is 0.497 e. The Kier molecular flexibility index (Phi) is 5.91. The van der Waals surface area contributed by atoms with Gasteiger partial charge >= 0.3 is 0 Å². The molecule has 1 aromatic heterocycles. The van der Waals surface area contributed by atoms with Crippen LogP contribution < -0.4 is 10.1 Å². The molecule has 1 unspecified atom stereocenters. The Labute approximate surface area is 148 Å². The van der Waals surface area contributed by atoms with Crippen molar-refractivity contribution in [3.05, 3.63) is 52.2 Å². The zero-order valence-corrected chi connectivity index (χ0v) is 15.0. The molecule has 1 N–H and O–H groups in total. The van der Waals surface area contributed by atoms with Crippen LogP contribution in [0.5, 0.6) is 5.75 Å². The molecule has 24 heavy (non-hydrogen) atoms. The second-order valence-corrected chi connectivity index (χ2v) is 7.54. The molecule has 128 valence electrons. The van der Waals surface area contributed by atoms with Crippen LogP contribution in [0.4, 0.5) is 0 Å². The van der Waals surface area contributed by atoms with Gasteiger partial charge < -0.3 is 10.1 Å². The van der Waals surface area contributed by atoms with E-state index in [0.717, 1.165) is 24.3 Å². The van der Waals surface area contributed by atoms with E-state index < -0.39 is 0 Å². The first-order valence-electron chi connectivity index (χ1n) is 8.70. The molecule has 1 aromatic carbocycles. The maximum atomic E-state index is 12.8. The predicted octanol–water partition coefficient (Wildman–Crippen LogP) is 4.39. The summed E-state index contributed by atoms with van der Waals surface area (Å²) >= 11 is 1.71. The van der Waals surface area contributed by atoms with Gasteiger partial charge in [-0.25, -0.2) is 0 Å². The van der Waals surface area contributed by atoms with Crippen LogP contribution in [0, 0.1) is 5.92 Å². The lowest BCUT2D eigenvalue weighted by atomic mass is 9.93. The van der Waals surface area contributed by atoms with Crippen molar-refractivity contribution in [1.29, 1.82) is 0 Å². The second-order valence-electron chi connectivity index (χ2n) is 6.50. The van der Waals surface area contributed by atoms with Crippen molar-refractivity contribution >= 4 is 17.2 Å². The molecule has 0 spiro atoms. The first-order chi connectivity index (χ1) is 11.8. The van der Waals surface area contributed by atoms with Crippen molar-refractivity contribution in [2.24, 2.45) is 5.92 Å². The van der Waals surface area contributed by atoms with Gasteiger partial charge in [-0.15, -0.1) is 11.3 Å². The van der Waals surface area contributed by atoms with Gasteiger partial charge in [0.1, 0.15) is 5.75 Å². The summed E-state index contributed by atoms with van der Waals surface area (Å²) in [7, 11) is 1.66. The predicted molar refractivity (Wildman–Crippen MR) is 98.7 cm³/mol. The minimum atomic E-state index is -0.143. The van der Waals surface area contributed by atoms with Crippen molar-refractivity contribution in [3.63, 3.8) is 0 Å². The topological polar surface area (TPSA) is 38.3 Å². The zero-order chi connectivity index (χ0) is 16.8. The molecule has 3 nitrogen and oxygen atoms in total. The lowest BCUT2D eigenvalue weighted by molar-refractivity contribution is -0.122. The van der Waals surface area contributed by atoms with Crippen molar-refractivity contribution < 1.29 is 9.53 Å². The standard InChI is InChI=1S/C20H25NO2S/c1-23-17-10-8-16(9-11-17)19(13-18-7-4-12-24-18)20(22)21-14-15-5-2-3-6-15/h4,7-12,15,19H,2-3,5-6,13-14H2,1H3,(H,21,22). The van der Waals surface area contributed by atoms with Gasteiger partial charge in [0.05, 0.1) is 13.0 Å². The molecule has 1 atom stereocenters. The summed E-state index contributed by atoms with van der Waals surface area (Å²) in [5, 5.41) is 5.26. The third-order valence-electron chi connectivity index (χ3n) is 4.86. The Morgan fingerprint density at radius 3 is 2.62 bits per heavy atom. The van der Waals surface area contributed by atoms with Gasteiger partial charge in [0, 0.05) is 11.4 Å². The summed E-state index contributed by atoms with van der Waals surface area (Å²) in [4.78, 5) is 14.1. The van der Waals surface area contributed by atoms with Crippen molar-refractivity contribution in [2.75, 3.05) is 13.7 Å². The van der Waals surface area contributed by atoms with Gasteiger partial charge in [-0.1, -0.05) is 31.0 Å². The fraction of sp³-hybridized carbons (Fsp3) is 0.450. The molecule has 1 amide bonds. The average Bonchev–Trinajstić information content (AvgIpc) is 3.31. The van der Waals surface area contributed by atoms with Crippen molar-refractivity contribution in [3.8, 4) is 5.75 Å². The lowest BCUT2D eigenvalue weighted by Crippen LogP contribution is -2.33. The van der Waals surface area contributed by atoms with Gasteiger partial charge in [0.2, 0.25) is 5.91 Å². The number of methoxy groups -OCH3 is 1. The molecule has 1 heterocycles. The normalized spacial score (nSPS) is 16.0. The third-order valence-corrected chi connectivity index (χ3v) is 5.76. The highest BCUT2D eigenvalue weighted by Gasteiger charge is 2.23. The highest BCUT2D eigenvalue weighted by Crippen LogP contribution is 2.27. The van der Waals surface area contributed by atoms with E-state index in [-0.39, 0.29) is 11.8 Å². The van der Waals surface area contributed by atoms with E-state index in [4.69, 9.17) is 4.74 Å². The quantitative estimate of drug-likeness (QED) is 0.810. The fourth-order valence-electron chi connectivity index (χ4n) is 3.41. The molecule has 1 fully saturated rings. The maximum absolute atomic E-state index is 12.8. The van der Waals surface area contributed by atoms with E-state index in [1.54, 1.807) is 18.4 Å². The van der Waals surface area contributed by atoms with Crippen LogP contribution in [0.15, 0.2) is 41.8 Å². The smallest absolute Gasteiger partial charge is 0.227 e. The Bertz CT molecular complexity index is 630. The van der Waals surface area contributed by atoms with E-state index in [1.807, 2.05) is 30.3 Å². The molecule has 4 heteroatoms. The number of rotatable bonds is 7. The number of amides is 1. The molecule has 1 saturated carbocycles. The average molecular weight is 343 g/mol. The van der Waals surface area contributed by atoms with Crippen LogP contribution >= 0.6 is 11.3 Å². The van der Waals surface area contributed by atoms with Gasteiger partial charge in [-0.05, 0) is 54.3 Å². The van der Waals surface area contributed by atoms with Crippen LogP contribution in [-0.4, -0.2) is 19.6 Å². The molecular weight excluding hydrogens is 318 g/mol. The Balaban J connectivity index is 1.71.